The van der Waals surface area contributed by atoms with Gasteiger partial charge in [-0.1, -0.05) is 53.7 Å². The molecule has 0 radical (unpaired) electrons. The molecule has 3 aromatic carbocycles. The van der Waals surface area contributed by atoms with E-state index in [2.05, 4.69) is 9.89 Å². The van der Waals surface area contributed by atoms with Gasteiger partial charge in [-0.2, -0.15) is 0 Å². The Hall–Kier alpha value is -4.27. The highest BCUT2D eigenvalue weighted by atomic mass is 19.4. The van der Waals surface area contributed by atoms with Crippen molar-refractivity contribution in [2.75, 3.05) is 0 Å². The van der Waals surface area contributed by atoms with Crippen LogP contribution >= 0.6 is 0 Å². The molecule has 0 saturated heterocycles. The molecule has 2 fully saturated rings. The largest absolute Gasteiger partial charge is 0.573 e. The molecule has 9 heteroatoms. The normalized spacial score (nSPS) is 16.1. The van der Waals surface area contributed by atoms with Gasteiger partial charge in [-0.15, -0.1) is 13.2 Å². The van der Waals surface area contributed by atoms with Gasteiger partial charge in [-0.25, -0.2) is 0 Å². The smallest absolute Gasteiger partial charge is 0.489 e. The van der Waals surface area contributed by atoms with Crippen LogP contribution in [0.1, 0.15) is 48.5 Å². The van der Waals surface area contributed by atoms with Crippen molar-refractivity contribution in [3.63, 3.8) is 0 Å². The first-order chi connectivity index (χ1) is 18.7. The summed E-state index contributed by atoms with van der Waals surface area (Å²) >= 11 is 0. The fourth-order valence-electron chi connectivity index (χ4n) is 4.86. The Morgan fingerprint density at radius 1 is 1.00 bits per heavy atom. The molecule has 4 aromatic rings. The third-order valence-electron chi connectivity index (χ3n) is 7.28. The summed E-state index contributed by atoms with van der Waals surface area (Å²) in [6.45, 7) is 0.0565. The Labute approximate surface area is 222 Å². The van der Waals surface area contributed by atoms with E-state index in [1.54, 1.807) is 18.2 Å². The Balaban J connectivity index is 1.23. The lowest BCUT2D eigenvalue weighted by molar-refractivity contribution is -0.274. The molecule has 1 N–H and O–H groups in total. The van der Waals surface area contributed by atoms with E-state index in [1.807, 2.05) is 36.4 Å². The highest BCUT2D eigenvalue weighted by molar-refractivity contribution is 5.85. The monoisotopic (exact) mass is 535 g/mol. The standard InChI is InChI=1S/C30H24F3NO5/c31-30(32,33)38-25-7-2-1-6-23(25)26-24(27(39-34-26)19-8-9-19)17-37-22-12-10-18(11-13-22)20-4-3-5-21(16-20)29(14-15-29)28(35)36/h1-7,10-13,16,19H,8-9,14-15,17H2,(H,35,36). The summed E-state index contributed by atoms with van der Waals surface area (Å²) in [6.07, 6.45) is -1.74. The number of carboxylic acids is 1. The fraction of sp³-hybridized carbons (Fsp3) is 0.267. The van der Waals surface area contributed by atoms with Gasteiger partial charge in [0.1, 0.15) is 29.6 Å². The summed E-state index contributed by atoms with van der Waals surface area (Å²) < 4.78 is 54.9. The molecule has 0 amide bonds. The summed E-state index contributed by atoms with van der Waals surface area (Å²) in [6, 6.07) is 20.8. The first-order valence-electron chi connectivity index (χ1n) is 12.6. The molecule has 39 heavy (non-hydrogen) atoms. The molecule has 2 saturated carbocycles. The van der Waals surface area contributed by atoms with E-state index in [9.17, 15) is 23.1 Å². The minimum absolute atomic E-state index is 0.0565. The molecule has 2 aliphatic rings. The summed E-state index contributed by atoms with van der Waals surface area (Å²) in [7, 11) is 0. The van der Waals surface area contributed by atoms with Crippen LogP contribution in [0.2, 0.25) is 0 Å². The number of ether oxygens (including phenoxy) is 2. The number of hydrogen-bond acceptors (Lipinski definition) is 5. The Kier molecular flexibility index (Phi) is 6.09. The molecule has 6 rings (SSSR count). The average molecular weight is 536 g/mol. The first kappa shape index (κ1) is 25.0. The topological polar surface area (TPSA) is 81.8 Å². The lowest BCUT2D eigenvalue weighted by atomic mass is 9.93. The van der Waals surface area contributed by atoms with E-state index in [0.29, 0.717) is 29.9 Å². The third kappa shape index (κ3) is 5.08. The molecule has 1 aromatic heterocycles. The molecular weight excluding hydrogens is 511 g/mol. The second-order valence-electron chi connectivity index (χ2n) is 9.97. The van der Waals surface area contributed by atoms with Crippen LogP contribution in [0.5, 0.6) is 11.5 Å². The number of aromatic nitrogens is 1. The lowest BCUT2D eigenvalue weighted by Crippen LogP contribution is -2.19. The van der Waals surface area contributed by atoms with Crippen LogP contribution < -0.4 is 9.47 Å². The van der Waals surface area contributed by atoms with Crippen molar-refractivity contribution >= 4 is 5.97 Å². The highest BCUT2D eigenvalue weighted by Gasteiger charge is 2.51. The minimum atomic E-state index is -4.84. The van der Waals surface area contributed by atoms with E-state index >= 15 is 0 Å². The predicted molar refractivity (Wildman–Crippen MR) is 135 cm³/mol. The highest BCUT2D eigenvalue weighted by Crippen LogP contribution is 2.49. The number of halogens is 3. The Bertz CT molecular complexity index is 1520. The molecule has 0 unspecified atom stereocenters. The van der Waals surface area contributed by atoms with Crippen molar-refractivity contribution in [3.8, 4) is 33.9 Å². The van der Waals surface area contributed by atoms with Crippen molar-refractivity contribution in [3.05, 3.63) is 89.7 Å². The molecular formula is C30H24F3NO5. The van der Waals surface area contributed by atoms with E-state index in [4.69, 9.17) is 9.26 Å². The number of rotatable bonds is 9. The number of aliphatic carboxylic acids is 1. The minimum Gasteiger partial charge on any atom is -0.489 e. The van der Waals surface area contributed by atoms with Gasteiger partial charge in [0.05, 0.1) is 11.0 Å². The van der Waals surface area contributed by atoms with E-state index in [0.717, 1.165) is 29.5 Å². The zero-order valence-electron chi connectivity index (χ0n) is 20.7. The van der Waals surface area contributed by atoms with Gasteiger partial charge in [0.2, 0.25) is 0 Å². The molecule has 0 spiro atoms. The Morgan fingerprint density at radius 3 is 2.41 bits per heavy atom. The zero-order chi connectivity index (χ0) is 27.2. The van der Waals surface area contributed by atoms with Gasteiger partial charge >= 0.3 is 12.3 Å². The second-order valence-corrected chi connectivity index (χ2v) is 9.97. The van der Waals surface area contributed by atoms with E-state index < -0.39 is 17.7 Å². The van der Waals surface area contributed by atoms with Crippen LogP contribution in [0.4, 0.5) is 13.2 Å². The first-order valence-corrected chi connectivity index (χ1v) is 12.6. The van der Waals surface area contributed by atoms with Crippen LogP contribution in [0, 0.1) is 0 Å². The number of carboxylic acid groups (broad SMARTS) is 1. The molecule has 6 nitrogen and oxygen atoms in total. The zero-order valence-corrected chi connectivity index (χ0v) is 20.7. The van der Waals surface area contributed by atoms with Crippen molar-refractivity contribution in [1.82, 2.24) is 5.16 Å². The summed E-state index contributed by atoms with van der Waals surface area (Å²) in [5, 5.41) is 13.7. The van der Waals surface area contributed by atoms with Gasteiger partial charge in [0, 0.05) is 11.5 Å². The quantitative estimate of drug-likeness (QED) is 0.239. The molecule has 0 atom stereocenters. The summed E-state index contributed by atoms with van der Waals surface area (Å²) in [5.41, 5.74) is 2.87. The SMILES string of the molecule is O=C(O)C1(c2cccc(-c3ccc(OCc4c(-c5ccccc5OC(F)(F)F)noc4C4CC4)cc3)c2)CC1. The predicted octanol–water partition coefficient (Wildman–Crippen LogP) is 7.48. The third-order valence-corrected chi connectivity index (χ3v) is 7.28. The van der Waals surface area contributed by atoms with E-state index in [-0.39, 0.29) is 29.5 Å². The maximum absolute atomic E-state index is 13.0. The van der Waals surface area contributed by atoms with Gasteiger partial charge in [-0.3, -0.25) is 4.79 Å². The Morgan fingerprint density at radius 2 is 1.74 bits per heavy atom. The average Bonchev–Trinajstić information content (AvgIpc) is 3.85. The number of nitrogens with zero attached hydrogens (tertiary/aromatic N) is 1. The number of carbonyl (C=O) groups is 1. The number of alkyl halides is 3. The van der Waals surface area contributed by atoms with Crippen molar-refractivity contribution in [2.45, 2.75) is 50.0 Å². The van der Waals surface area contributed by atoms with Gasteiger partial charge < -0.3 is 19.1 Å². The maximum atomic E-state index is 13.0. The van der Waals surface area contributed by atoms with Crippen LogP contribution in [0.3, 0.4) is 0 Å². The summed E-state index contributed by atoms with van der Waals surface area (Å²) in [4.78, 5) is 11.7. The molecule has 1 heterocycles. The number of hydrogen-bond donors (Lipinski definition) is 1. The molecule has 0 aliphatic heterocycles. The summed E-state index contributed by atoms with van der Waals surface area (Å²) in [5.74, 6) is 0.190. The van der Waals surface area contributed by atoms with E-state index in [1.165, 1.54) is 18.2 Å². The van der Waals surface area contributed by atoms with Crippen molar-refractivity contribution in [2.24, 2.45) is 0 Å². The van der Waals surface area contributed by atoms with Gasteiger partial charge in [-0.05, 0) is 66.6 Å². The maximum Gasteiger partial charge on any atom is 0.573 e. The number of para-hydroxylation sites is 1. The van der Waals surface area contributed by atoms with Crippen molar-refractivity contribution in [1.29, 1.82) is 0 Å². The lowest BCUT2D eigenvalue weighted by Gasteiger charge is -2.13. The fourth-order valence-corrected chi connectivity index (χ4v) is 4.86. The van der Waals surface area contributed by atoms with Crippen molar-refractivity contribution < 1.29 is 37.1 Å². The van der Waals surface area contributed by atoms with Crippen LogP contribution in [-0.4, -0.2) is 22.6 Å². The van der Waals surface area contributed by atoms with Crippen LogP contribution in [0.15, 0.2) is 77.3 Å². The van der Waals surface area contributed by atoms with Crippen LogP contribution in [0.25, 0.3) is 22.4 Å². The molecule has 200 valence electrons. The van der Waals surface area contributed by atoms with Crippen LogP contribution in [-0.2, 0) is 16.8 Å². The number of benzene rings is 3. The second kappa shape index (κ2) is 9.48. The van der Waals surface area contributed by atoms with Gasteiger partial charge in [0.15, 0.2) is 0 Å². The molecule has 2 aliphatic carbocycles. The van der Waals surface area contributed by atoms with Gasteiger partial charge in [0.25, 0.3) is 0 Å². The molecule has 0 bridgehead atoms.